The van der Waals surface area contributed by atoms with Crippen LogP contribution in [-0.4, -0.2) is 49.3 Å². The summed E-state index contributed by atoms with van der Waals surface area (Å²) in [6, 6.07) is 0. The van der Waals surface area contributed by atoms with E-state index < -0.39 is 32.5 Å². The van der Waals surface area contributed by atoms with E-state index in [1.807, 2.05) is 0 Å². The van der Waals surface area contributed by atoms with E-state index in [1.165, 1.54) is 19.3 Å². The number of phosphoric acid groups is 1. The predicted molar refractivity (Wildman–Crippen MR) is 169 cm³/mol. The zero-order chi connectivity index (χ0) is 31.2. The Morgan fingerprint density at radius 3 is 1.79 bits per heavy atom. The lowest BCUT2D eigenvalue weighted by molar-refractivity contribution is -0.161. The maximum atomic E-state index is 12.4. The first-order valence-corrected chi connectivity index (χ1v) is 17.8. The Hall–Kier alpha value is -1.51. The van der Waals surface area contributed by atoms with Crippen molar-refractivity contribution in [3.05, 3.63) is 24.3 Å². The Morgan fingerprint density at radius 1 is 0.690 bits per heavy atom. The van der Waals surface area contributed by atoms with Crippen LogP contribution in [0.15, 0.2) is 24.3 Å². The topological polar surface area (TPSA) is 134 Å². The van der Waals surface area contributed by atoms with Crippen molar-refractivity contribution in [3.8, 4) is 0 Å². The number of allylic oxidation sites excluding steroid dienone is 4. The number of ether oxygens (including phenoxy) is 2. The normalized spacial score (nSPS) is 13.9. The monoisotopic (exact) mass is 617 g/mol. The summed E-state index contributed by atoms with van der Waals surface area (Å²) in [5, 5.41) is 0. The van der Waals surface area contributed by atoms with Gasteiger partial charge in [-0.1, -0.05) is 95.9 Å². The molecule has 42 heavy (non-hydrogen) atoms. The number of phosphoric ester groups is 1. The molecular weight excluding hydrogens is 557 g/mol. The minimum absolute atomic E-state index is 0.0512. The van der Waals surface area contributed by atoms with E-state index in [-0.39, 0.29) is 32.6 Å². The molecule has 3 N–H and O–H groups in total. The summed E-state index contributed by atoms with van der Waals surface area (Å²) in [7, 11) is -4.36. The first kappa shape index (κ1) is 40.5. The molecule has 0 aliphatic carbocycles. The van der Waals surface area contributed by atoms with E-state index in [1.54, 1.807) is 0 Å². The highest BCUT2D eigenvalue weighted by Crippen LogP contribution is 2.43. The van der Waals surface area contributed by atoms with Gasteiger partial charge in [0.25, 0.3) is 0 Å². The molecule has 0 bridgehead atoms. The second-order valence-corrected chi connectivity index (χ2v) is 12.1. The molecule has 0 aromatic carbocycles. The zero-order valence-corrected chi connectivity index (χ0v) is 27.4. The minimum Gasteiger partial charge on any atom is -0.462 e. The Kier molecular flexibility index (Phi) is 28.5. The van der Waals surface area contributed by atoms with Crippen LogP contribution in [0.2, 0.25) is 0 Å². The van der Waals surface area contributed by atoms with E-state index in [2.05, 4.69) is 38.2 Å². The van der Waals surface area contributed by atoms with E-state index in [0.717, 1.165) is 83.5 Å². The maximum absolute atomic E-state index is 12.4. The molecule has 0 aromatic heterocycles. The van der Waals surface area contributed by atoms with Crippen molar-refractivity contribution >= 4 is 19.8 Å². The largest absolute Gasteiger partial charge is 0.472 e. The van der Waals surface area contributed by atoms with Crippen molar-refractivity contribution in [1.82, 2.24) is 0 Å². The molecule has 0 aromatic rings. The third kappa shape index (κ3) is 28.6. The quantitative estimate of drug-likeness (QED) is 0.0355. The van der Waals surface area contributed by atoms with Gasteiger partial charge in [-0.2, -0.15) is 0 Å². The van der Waals surface area contributed by atoms with E-state index in [9.17, 15) is 19.0 Å². The van der Waals surface area contributed by atoms with Crippen molar-refractivity contribution < 1.29 is 37.6 Å². The van der Waals surface area contributed by atoms with Crippen LogP contribution in [0.25, 0.3) is 0 Å². The molecule has 0 radical (unpaired) electrons. The average Bonchev–Trinajstić information content (AvgIpc) is 2.97. The SMILES string of the molecule is CCC/C=C\CCCCCCCC(=O)OCC(COP(=O)(O)OCCN)OC(=O)CCCCCCC/C=C\CCCC. The smallest absolute Gasteiger partial charge is 0.462 e. The molecule has 10 heteroatoms. The summed E-state index contributed by atoms with van der Waals surface area (Å²) in [5.74, 6) is -0.857. The Labute approximate surface area is 255 Å². The van der Waals surface area contributed by atoms with Gasteiger partial charge in [0.15, 0.2) is 6.10 Å². The Balaban J connectivity index is 4.34. The maximum Gasteiger partial charge on any atom is 0.472 e. The Morgan fingerprint density at radius 2 is 1.21 bits per heavy atom. The number of nitrogens with two attached hydrogens (primary N) is 1. The van der Waals surface area contributed by atoms with Gasteiger partial charge in [-0.15, -0.1) is 0 Å². The second-order valence-electron chi connectivity index (χ2n) is 10.7. The summed E-state index contributed by atoms with van der Waals surface area (Å²) < 4.78 is 32.4. The fourth-order valence-electron chi connectivity index (χ4n) is 4.09. The molecule has 0 rings (SSSR count). The van der Waals surface area contributed by atoms with Crippen LogP contribution in [0.4, 0.5) is 0 Å². The molecule has 0 fully saturated rings. The van der Waals surface area contributed by atoms with Gasteiger partial charge in [0.1, 0.15) is 6.61 Å². The van der Waals surface area contributed by atoms with Crippen LogP contribution >= 0.6 is 7.82 Å². The number of rotatable bonds is 30. The molecule has 0 heterocycles. The lowest BCUT2D eigenvalue weighted by Crippen LogP contribution is -2.29. The third-order valence-corrected chi connectivity index (χ3v) is 7.52. The van der Waals surface area contributed by atoms with Crippen molar-refractivity contribution in [2.24, 2.45) is 5.73 Å². The predicted octanol–water partition coefficient (Wildman–Crippen LogP) is 8.10. The highest BCUT2D eigenvalue weighted by atomic mass is 31.2. The molecule has 246 valence electrons. The van der Waals surface area contributed by atoms with Crippen LogP contribution in [0.3, 0.4) is 0 Å². The number of hydrogen-bond acceptors (Lipinski definition) is 8. The van der Waals surface area contributed by atoms with E-state index >= 15 is 0 Å². The third-order valence-electron chi connectivity index (χ3n) is 6.54. The average molecular weight is 618 g/mol. The lowest BCUT2D eigenvalue weighted by atomic mass is 10.1. The van der Waals surface area contributed by atoms with Gasteiger partial charge in [-0.25, -0.2) is 4.57 Å². The highest BCUT2D eigenvalue weighted by molar-refractivity contribution is 7.47. The molecule has 0 aliphatic heterocycles. The fraction of sp³-hybridized carbons (Fsp3) is 0.812. The zero-order valence-electron chi connectivity index (χ0n) is 26.5. The minimum atomic E-state index is -4.36. The lowest BCUT2D eigenvalue weighted by Gasteiger charge is -2.19. The Bertz CT molecular complexity index is 759. The van der Waals surface area contributed by atoms with Crippen LogP contribution in [0, 0.1) is 0 Å². The van der Waals surface area contributed by atoms with Crippen LogP contribution in [0.1, 0.15) is 136 Å². The van der Waals surface area contributed by atoms with Gasteiger partial charge in [-0.05, 0) is 51.4 Å². The highest BCUT2D eigenvalue weighted by Gasteiger charge is 2.25. The van der Waals surface area contributed by atoms with Crippen molar-refractivity contribution in [3.63, 3.8) is 0 Å². The number of hydrogen-bond donors (Lipinski definition) is 2. The second kappa shape index (κ2) is 29.6. The molecule has 2 unspecified atom stereocenters. The number of unbranched alkanes of at least 4 members (excludes halogenated alkanes) is 13. The van der Waals surface area contributed by atoms with Gasteiger partial charge >= 0.3 is 19.8 Å². The first-order valence-electron chi connectivity index (χ1n) is 16.3. The standard InChI is InChI=1S/C32H60NO8P/c1-3-5-7-9-11-13-15-17-19-21-23-25-32(35)41-30(29-40-42(36,37)39-27-26-33)28-38-31(34)24-22-20-18-16-14-12-10-8-6-4-2/h8-11,30H,3-7,12-29,33H2,1-2H3,(H,36,37)/b10-8-,11-9-. The number of carbonyl (C=O) groups excluding carboxylic acids is 2. The summed E-state index contributed by atoms with van der Waals surface area (Å²) >= 11 is 0. The summed E-state index contributed by atoms with van der Waals surface area (Å²) in [4.78, 5) is 34.4. The van der Waals surface area contributed by atoms with Crippen molar-refractivity contribution in [2.75, 3.05) is 26.4 Å². The molecule has 0 saturated carbocycles. The van der Waals surface area contributed by atoms with E-state index in [0.29, 0.717) is 6.42 Å². The summed E-state index contributed by atoms with van der Waals surface area (Å²) in [6.07, 6.45) is 26.5. The molecule has 0 aliphatic rings. The molecule has 0 spiro atoms. The van der Waals surface area contributed by atoms with Gasteiger partial charge in [-0.3, -0.25) is 18.6 Å². The van der Waals surface area contributed by atoms with Crippen LogP contribution in [-0.2, 0) is 32.7 Å². The van der Waals surface area contributed by atoms with Gasteiger partial charge in [0, 0.05) is 19.4 Å². The van der Waals surface area contributed by atoms with Crippen LogP contribution in [0.5, 0.6) is 0 Å². The van der Waals surface area contributed by atoms with E-state index in [4.69, 9.17) is 24.3 Å². The number of carbonyl (C=O) groups is 2. The molecular formula is C32H60NO8P. The summed E-state index contributed by atoms with van der Waals surface area (Å²) in [5.41, 5.74) is 5.30. The molecule has 2 atom stereocenters. The molecule has 0 amide bonds. The number of esters is 2. The van der Waals surface area contributed by atoms with Crippen molar-refractivity contribution in [1.29, 1.82) is 0 Å². The molecule has 0 saturated heterocycles. The van der Waals surface area contributed by atoms with Crippen molar-refractivity contribution in [2.45, 2.75) is 142 Å². The molecule has 9 nitrogen and oxygen atoms in total. The summed E-state index contributed by atoms with van der Waals surface area (Å²) in [6.45, 7) is 3.57. The van der Waals surface area contributed by atoms with Gasteiger partial charge in [0.2, 0.25) is 0 Å². The first-order chi connectivity index (χ1) is 20.3. The van der Waals surface area contributed by atoms with Crippen LogP contribution < -0.4 is 5.73 Å². The van der Waals surface area contributed by atoms with Gasteiger partial charge in [0.05, 0.1) is 13.2 Å². The van der Waals surface area contributed by atoms with Gasteiger partial charge < -0.3 is 20.1 Å². The fourth-order valence-corrected chi connectivity index (χ4v) is 4.85.